The number of benzene rings is 1. The van der Waals surface area contributed by atoms with Gasteiger partial charge >= 0.3 is 12.1 Å². The van der Waals surface area contributed by atoms with Crippen LogP contribution in [0.15, 0.2) is 36.5 Å². The molecule has 0 saturated heterocycles. The Hall–Kier alpha value is -3.09. The number of carbonyl (C=O) groups excluding carboxylic acids is 2. The van der Waals surface area contributed by atoms with Gasteiger partial charge in [0.25, 0.3) is 0 Å². The SMILES string of the molecule is CN1Cc2c(-c3cccc(CNC(=O)OC(C)(C)C)c3)ccnc2N(C)C1=O. The van der Waals surface area contributed by atoms with Crippen molar-refractivity contribution in [3.63, 3.8) is 0 Å². The Morgan fingerprint density at radius 1 is 1.25 bits per heavy atom. The number of amides is 3. The van der Waals surface area contributed by atoms with E-state index in [-0.39, 0.29) is 6.03 Å². The van der Waals surface area contributed by atoms with Crippen molar-refractivity contribution in [1.29, 1.82) is 0 Å². The molecule has 148 valence electrons. The summed E-state index contributed by atoms with van der Waals surface area (Å²) in [7, 11) is 3.51. The average molecular weight is 382 g/mol. The number of aromatic nitrogens is 1. The number of pyridine rings is 1. The van der Waals surface area contributed by atoms with Crippen LogP contribution in [0, 0.1) is 0 Å². The summed E-state index contributed by atoms with van der Waals surface area (Å²) in [6.07, 6.45) is 1.27. The maximum Gasteiger partial charge on any atom is 0.407 e. The minimum absolute atomic E-state index is 0.0764. The molecule has 0 bridgehead atoms. The van der Waals surface area contributed by atoms with E-state index in [0.29, 0.717) is 18.9 Å². The number of rotatable bonds is 3. The molecule has 0 spiro atoms. The molecule has 0 unspecified atom stereocenters. The van der Waals surface area contributed by atoms with Crippen LogP contribution in [0.25, 0.3) is 11.1 Å². The molecule has 28 heavy (non-hydrogen) atoms. The number of urea groups is 1. The standard InChI is InChI=1S/C21H26N4O3/c1-21(2,3)28-19(26)23-12-14-7-6-8-15(11-14)16-9-10-22-18-17(16)13-24(4)20(27)25(18)5/h6-11H,12-13H2,1-5H3,(H,23,26). The second-order valence-corrected chi connectivity index (χ2v) is 7.91. The van der Waals surface area contributed by atoms with E-state index in [0.717, 1.165) is 22.3 Å². The third kappa shape index (κ3) is 4.24. The van der Waals surface area contributed by atoms with Gasteiger partial charge in [-0.2, -0.15) is 0 Å². The summed E-state index contributed by atoms with van der Waals surface area (Å²) in [5, 5.41) is 2.78. The number of carbonyl (C=O) groups is 2. The Kier molecular flexibility index (Phi) is 5.27. The first-order valence-electron chi connectivity index (χ1n) is 9.18. The van der Waals surface area contributed by atoms with Crippen molar-refractivity contribution in [3.8, 4) is 11.1 Å². The monoisotopic (exact) mass is 382 g/mol. The molecule has 1 aromatic heterocycles. The van der Waals surface area contributed by atoms with Gasteiger partial charge in [-0.3, -0.25) is 4.90 Å². The number of nitrogens with zero attached hydrogens (tertiary/aromatic N) is 3. The summed E-state index contributed by atoms with van der Waals surface area (Å²) in [5.41, 5.74) is 3.47. The van der Waals surface area contributed by atoms with Gasteiger partial charge in [-0.15, -0.1) is 0 Å². The van der Waals surface area contributed by atoms with Crippen LogP contribution in [-0.2, 0) is 17.8 Å². The third-order valence-electron chi connectivity index (χ3n) is 4.43. The smallest absolute Gasteiger partial charge is 0.407 e. The van der Waals surface area contributed by atoms with Gasteiger partial charge in [0.1, 0.15) is 11.4 Å². The molecule has 1 aliphatic heterocycles. The van der Waals surface area contributed by atoms with E-state index in [4.69, 9.17) is 4.74 Å². The zero-order valence-corrected chi connectivity index (χ0v) is 16.9. The molecule has 2 aromatic rings. The zero-order chi connectivity index (χ0) is 20.5. The summed E-state index contributed by atoms with van der Waals surface area (Å²) in [4.78, 5) is 31.7. The molecule has 0 fully saturated rings. The predicted molar refractivity (Wildman–Crippen MR) is 108 cm³/mol. The van der Waals surface area contributed by atoms with Crippen molar-refractivity contribution in [2.24, 2.45) is 0 Å². The molecule has 1 aliphatic rings. The molecular formula is C21H26N4O3. The van der Waals surface area contributed by atoms with Gasteiger partial charge in [-0.25, -0.2) is 14.6 Å². The van der Waals surface area contributed by atoms with Crippen LogP contribution in [0.1, 0.15) is 31.9 Å². The summed E-state index contributed by atoms with van der Waals surface area (Å²) >= 11 is 0. The van der Waals surface area contributed by atoms with Crippen LogP contribution in [-0.4, -0.2) is 41.7 Å². The first kappa shape index (κ1) is 19.7. The Morgan fingerprint density at radius 2 is 2.00 bits per heavy atom. The molecule has 7 nitrogen and oxygen atoms in total. The fourth-order valence-electron chi connectivity index (χ4n) is 3.19. The van der Waals surface area contributed by atoms with Crippen molar-refractivity contribution in [3.05, 3.63) is 47.7 Å². The molecule has 3 amide bonds. The number of hydrogen-bond donors (Lipinski definition) is 1. The van der Waals surface area contributed by atoms with Gasteiger partial charge in [-0.1, -0.05) is 18.2 Å². The fraction of sp³-hybridized carbons (Fsp3) is 0.381. The lowest BCUT2D eigenvalue weighted by atomic mass is 9.97. The number of alkyl carbamates (subject to hydrolysis) is 1. The van der Waals surface area contributed by atoms with Crippen LogP contribution < -0.4 is 10.2 Å². The summed E-state index contributed by atoms with van der Waals surface area (Å²) in [6.45, 7) is 6.37. The Bertz CT molecular complexity index is 905. The number of nitrogens with one attached hydrogen (secondary N) is 1. The quantitative estimate of drug-likeness (QED) is 0.877. The molecule has 7 heteroatoms. The first-order chi connectivity index (χ1) is 13.2. The molecule has 0 aliphatic carbocycles. The topological polar surface area (TPSA) is 74.8 Å². The summed E-state index contributed by atoms with van der Waals surface area (Å²) in [5.74, 6) is 0.679. The maximum atomic E-state index is 12.2. The predicted octanol–water partition coefficient (Wildman–Crippen LogP) is 3.77. The summed E-state index contributed by atoms with van der Waals surface area (Å²) < 4.78 is 5.28. The lowest BCUT2D eigenvalue weighted by Gasteiger charge is -2.32. The second-order valence-electron chi connectivity index (χ2n) is 7.91. The Balaban J connectivity index is 1.84. The van der Waals surface area contributed by atoms with Crippen LogP contribution in [0.5, 0.6) is 0 Å². The molecule has 2 heterocycles. The molecule has 0 atom stereocenters. The Morgan fingerprint density at radius 3 is 2.71 bits per heavy atom. The number of ether oxygens (including phenoxy) is 1. The van der Waals surface area contributed by atoms with Crippen LogP contribution in [0.3, 0.4) is 0 Å². The van der Waals surface area contributed by atoms with E-state index in [2.05, 4.69) is 10.3 Å². The third-order valence-corrected chi connectivity index (χ3v) is 4.43. The summed E-state index contributed by atoms with van der Waals surface area (Å²) in [6, 6.07) is 9.84. The molecule has 1 aromatic carbocycles. The lowest BCUT2D eigenvalue weighted by Crippen LogP contribution is -2.43. The first-order valence-corrected chi connectivity index (χ1v) is 9.18. The van der Waals surface area contributed by atoms with Gasteiger partial charge in [0.2, 0.25) is 0 Å². The minimum Gasteiger partial charge on any atom is -0.444 e. The normalized spacial score (nSPS) is 14.0. The number of anilines is 1. The zero-order valence-electron chi connectivity index (χ0n) is 16.9. The fourth-order valence-corrected chi connectivity index (χ4v) is 3.19. The van der Waals surface area contributed by atoms with Crippen LogP contribution in [0.4, 0.5) is 15.4 Å². The van der Waals surface area contributed by atoms with Crippen molar-refractivity contribution in [2.75, 3.05) is 19.0 Å². The van der Waals surface area contributed by atoms with Crippen molar-refractivity contribution < 1.29 is 14.3 Å². The number of hydrogen-bond acceptors (Lipinski definition) is 4. The van der Waals surface area contributed by atoms with E-state index in [9.17, 15) is 9.59 Å². The van der Waals surface area contributed by atoms with E-state index in [1.54, 1.807) is 30.1 Å². The van der Waals surface area contributed by atoms with Crippen LogP contribution >= 0.6 is 0 Å². The van der Waals surface area contributed by atoms with E-state index < -0.39 is 11.7 Å². The van der Waals surface area contributed by atoms with Gasteiger partial charge in [0.05, 0.1) is 6.54 Å². The highest BCUT2D eigenvalue weighted by molar-refractivity contribution is 5.94. The maximum absolute atomic E-state index is 12.2. The highest BCUT2D eigenvalue weighted by Crippen LogP contribution is 2.33. The van der Waals surface area contributed by atoms with Crippen molar-refractivity contribution >= 4 is 17.9 Å². The lowest BCUT2D eigenvalue weighted by molar-refractivity contribution is 0.0523. The van der Waals surface area contributed by atoms with Gasteiger partial charge in [-0.05, 0) is 49.6 Å². The highest BCUT2D eigenvalue weighted by Gasteiger charge is 2.28. The second kappa shape index (κ2) is 7.50. The molecular weight excluding hydrogens is 356 g/mol. The van der Waals surface area contributed by atoms with E-state index in [1.807, 2.05) is 51.1 Å². The van der Waals surface area contributed by atoms with Crippen molar-refractivity contribution in [1.82, 2.24) is 15.2 Å². The van der Waals surface area contributed by atoms with Crippen molar-refractivity contribution in [2.45, 2.75) is 39.5 Å². The van der Waals surface area contributed by atoms with Gasteiger partial charge in [0, 0.05) is 32.4 Å². The molecule has 0 saturated carbocycles. The molecule has 3 rings (SSSR count). The largest absolute Gasteiger partial charge is 0.444 e. The molecule has 1 N–H and O–H groups in total. The Labute approximate surface area is 165 Å². The van der Waals surface area contributed by atoms with Gasteiger partial charge < -0.3 is 15.0 Å². The number of fused-ring (bicyclic) bond motifs is 1. The van der Waals surface area contributed by atoms with Crippen LogP contribution in [0.2, 0.25) is 0 Å². The average Bonchev–Trinajstić information content (AvgIpc) is 2.63. The van der Waals surface area contributed by atoms with Gasteiger partial charge in [0.15, 0.2) is 0 Å². The highest BCUT2D eigenvalue weighted by atomic mass is 16.6. The molecule has 0 radical (unpaired) electrons. The van der Waals surface area contributed by atoms with E-state index >= 15 is 0 Å². The van der Waals surface area contributed by atoms with E-state index in [1.165, 1.54) is 0 Å². The minimum atomic E-state index is -0.530.